The summed E-state index contributed by atoms with van der Waals surface area (Å²) in [4.78, 5) is 3.75. The first-order chi connectivity index (χ1) is 10.8. The van der Waals surface area contributed by atoms with Crippen LogP contribution in [0.1, 0.15) is 16.5 Å². The number of fused-ring (bicyclic) bond motifs is 2. The number of likely N-dealkylation sites (N-methyl/N-ethyl adjacent to an activating group) is 1. The van der Waals surface area contributed by atoms with E-state index in [1.54, 1.807) is 0 Å². The van der Waals surface area contributed by atoms with Crippen LogP contribution in [0.15, 0.2) is 53.9 Å². The lowest BCUT2D eigenvalue weighted by atomic mass is 10.1. The molecule has 3 heteroatoms. The van der Waals surface area contributed by atoms with Gasteiger partial charge in [-0.15, -0.1) is 11.3 Å². The van der Waals surface area contributed by atoms with Crippen LogP contribution in [0.25, 0.3) is 10.8 Å². The summed E-state index contributed by atoms with van der Waals surface area (Å²) in [5.74, 6) is 0.984. The fraction of sp³-hybridized carbons (Fsp3) is 0.263. The Hall–Kier alpha value is -1.84. The molecule has 0 aliphatic carbocycles. The zero-order valence-electron chi connectivity index (χ0n) is 12.7. The molecule has 22 heavy (non-hydrogen) atoms. The number of rotatable bonds is 2. The summed E-state index contributed by atoms with van der Waals surface area (Å²) in [6.45, 7) is 2.04. The molecule has 2 nitrogen and oxygen atoms in total. The second-order valence-corrected chi connectivity index (χ2v) is 6.85. The third kappa shape index (κ3) is 2.51. The van der Waals surface area contributed by atoms with Crippen LogP contribution < -0.4 is 4.74 Å². The fourth-order valence-electron chi connectivity index (χ4n) is 3.15. The van der Waals surface area contributed by atoms with Gasteiger partial charge in [0.2, 0.25) is 0 Å². The normalized spacial score (nSPS) is 18.9. The van der Waals surface area contributed by atoms with E-state index in [0.717, 1.165) is 25.3 Å². The van der Waals surface area contributed by atoms with Crippen molar-refractivity contribution in [1.29, 1.82) is 0 Å². The maximum absolute atomic E-state index is 6.47. The quantitative estimate of drug-likeness (QED) is 0.690. The Labute approximate surface area is 135 Å². The Balaban J connectivity index is 1.73. The first-order valence-electron chi connectivity index (χ1n) is 7.70. The maximum Gasteiger partial charge on any atom is 0.146 e. The molecule has 0 N–H and O–H groups in total. The van der Waals surface area contributed by atoms with Gasteiger partial charge >= 0.3 is 0 Å². The minimum absolute atomic E-state index is 0.119. The van der Waals surface area contributed by atoms with Crippen molar-refractivity contribution in [3.63, 3.8) is 0 Å². The van der Waals surface area contributed by atoms with E-state index in [9.17, 15) is 0 Å². The van der Waals surface area contributed by atoms with Gasteiger partial charge in [-0.1, -0.05) is 36.4 Å². The molecule has 0 bridgehead atoms. The van der Waals surface area contributed by atoms with Gasteiger partial charge in [0.25, 0.3) is 0 Å². The number of thiophene rings is 1. The van der Waals surface area contributed by atoms with Crippen molar-refractivity contribution < 1.29 is 4.74 Å². The molecule has 0 spiro atoms. The zero-order valence-corrected chi connectivity index (χ0v) is 13.5. The highest BCUT2D eigenvalue weighted by Crippen LogP contribution is 2.34. The lowest BCUT2D eigenvalue weighted by Gasteiger charge is -2.22. The largest absolute Gasteiger partial charge is 0.483 e. The predicted molar refractivity (Wildman–Crippen MR) is 92.8 cm³/mol. The van der Waals surface area contributed by atoms with E-state index in [-0.39, 0.29) is 6.10 Å². The molecule has 1 aliphatic heterocycles. The van der Waals surface area contributed by atoms with Crippen LogP contribution in [-0.2, 0) is 6.42 Å². The number of ether oxygens (including phenoxy) is 1. The average Bonchev–Trinajstić information content (AvgIpc) is 2.96. The van der Waals surface area contributed by atoms with E-state index in [1.807, 2.05) is 11.3 Å². The van der Waals surface area contributed by atoms with E-state index >= 15 is 0 Å². The third-order valence-electron chi connectivity index (χ3n) is 4.33. The average molecular weight is 309 g/mol. The molecule has 1 atom stereocenters. The summed E-state index contributed by atoms with van der Waals surface area (Å²) in [7, 11) is 2.18. The Morgan fingerprint density at radius 2 is 1.95 bits per heavy atom. The summed E-state index contributed by atoms with van der Waals surface area (Å²) in [5.41, 5.74) is 1.44. The summed E-state index contributed by atoms with van der Waals surface area (Å²) in [6.07, 6.45) is 1.23. The van der Waals surface area contributed by atoms with Crippen LogP contribution in [0.4, 0.5) is 0 Å². The molecule has 0 radical (unpaired) electrons. The molecule has 1 unspecified atom stereocenters. The molecule has 0 fully saturated rings. The van der Waals surface area contributed by atoms with E-state index < -0.39 is 0 Å². The van der Waals surface area contributed by atoms with Crippen LogP contribution >= 0.6 is 11.3 Å². The van der Waals surface area contributed by atoms with Crippen molar-refractivity contribution in [3.05, 3.63) is 64.4 Å². The highest BCUT2D eigenvalue weighted by Gasteiger charge is 2.24. The number of hydrogen-bond donors (Lipinski definition) is 0. The molecule has 0 saturated heterocycles. The summed E-state index contributed by atoms with van der Waals surface area (Å²) >= 11 is 1.82. The topological polar surface area (TPSA) is 12.5 Å². The molecule has 4 rings (SSSR count). The third-order valence-corrected chi connectivity index (χ3v) is 5.38. The Bertz CT molecular complexity index is 789. The van der Waals surface area contributed by atoms with Gasteiger partial charge in [-0.2, -0.15) is 0 Å². The molecule has 112 valence electrons. The standard InChI is InChI=1S/C19H19NOS/c1-20-11-9-15-10-12-22-19(15)18(13-20)21-17-8-4-6-14-5-2-3-7-16(14)17/h2-8,10,12,18H,9,11,13H2,1H3. The molecular formula is C19H19NOS. The van der Waals surface area contributed by atoms with Crippen molar-refractivity contribution >= 4 is 22.1 Å². The second kappa shape index (κ2) is 5.75. The Kier molecular flexibility index (Phi) is 3.60. The van der Waals surface area contributed by atoms with Crippen molar-refractivity contribution in [3.8, 4) is 5.75 Å². The molecule has 2 heterocycles. The summed E-state index contributed by atoms with van der Waals surface area (Å²) in [6, 6.07) is 17.0. The molecular weight excluding hydrogens is 290 g/mol. The van der Waals surface area contributed by atoms with Gasteiger partial charge in [-0.25, -0.2) is 0 Å². The lowest BCUT2D eigenvalue weighted by molar-refractivity contribution is 0.161. The van der Waals surface area contributed by atoms with Gasteiger partial charge in [0.15, 0.2) is 0 Å². The van der Waals surface area contributed by atoms with Crippen LogP contribution in [0.3, 0.4) is 0 Å². The zero-order chi connectivity index (χ0) is 14.9. The minimum atomic E-state index is 0.119. The van der Waals surface area contributed by atoms with Gasteiger partial charge in [0, 0.05) is 23.4 Å². The van der Waals surface area contributed by atoms with Crippen LogP contribution in [0.2, 0.25) is 0 Å². The summed E-state index contributed by atoms with van der Waals surface area (Å²) in [5, 5.41) is 4.61. The van der Waals surface area contributed by atoms with Gasteiger partial charge < -0.3 is 9.64 Å². The first kappa shape index (κ1) is 13.8. The molecule has 3 aromatic rings. The molecule has 1 aromatic heterocycles. The van der Waals surface area contributed by atoms with Gasteiger partial charge in [-0.3, -0.25) is 0 Å². The number of hydrogen-bond acceptors (Lipinski definition) is 3. The van der Waals surface area contributed by atoms with Crippen molar-refractivity contribution in [2.24, 2.45) is 0 Å². The molecule has 0 amide bonds. The van der Waals surface area contributed by atoms with Crippen LogP contribution in [0.5, 0.6) is 5.75 Å². The lowest BCUT2D eigenvalue weighted by Crippen LogP contribution is -2.26. The SMILES string of the molecule is CN1CCc2ccsc2C(Oc2cccc3ccccc23)C1. The van der Waals surface area contributed by atoms with Crippen molar-refractivity contribution in [1.82, 2.24) is 4.90 Å². The first-order valence-corrected chi connectivity index (χ1v) is 8.58. The monoisotopic (exact) mass is 309 g/mol. The van der Waals surface area contributed by atoms with Gasteiger partial charge in [0.05, 0.1) is 0 Å². The van der Waals surface area contributed by atoms with E-state index in [0.29, 0.717) is 0 Å². The summed E-state index contributed by atoms with van der Waals surface area (Å²) < 4.78 is 6.47. The van der Waals surface area contributed by atoms with E-state index in [2.05, 4.69) is 65.9 Å². The Morgan fingerprint density at radius 3 is 2.91 bits per heavy atom. The predicted octanol–water partition coefficient (Wildman–Crippen LogP) is 4.51. The van der Waals surface area contributed by atoms with Gasteiger partial charge in [0.1, 0.15) is 11.9 Å². The highest BCUT2D eigenvalue weighted by atomic mass is 32.1. The van der Waals surface area contributed by atoms with Gasteiger partial charge in [-0.05, 0) is 41.9 Å². The maximum atomic E-state index is 6.47. The number of nitrogens with zero attached hydrogens (tertiary/aromatic N) is 1. The number of benzene rings is 2. The Morgan fingerprint density at radius 1 is 1.09 bits per heavy atom. The van der Waals surface area contributed by atoms with Crippen molar-refractivity contribution in [2.45, 2.75) is 12.5 Å². The van der Waals surface area contributed by atoms with Crippen molar-refractivity contribution in [2.75, 3.05) is 20.1 Å². The highest BCUT2D eigenvalue weighted by molar-refractivity contribution is 7.10. The van der Waals surface area contributed by atoms with E-state index in [4.69, 9.17) is 4.74 Å². The van der Waals surface area contributed by atoms with Crippen LogP contribution in [0, 0.1) is 0 Å². The molecule has 1 aliphatic rings. The molecule has 0 saturated carbocycles. The second-order valence-electron chi connectivity index (χ2n) is 5.91. The fourth-order valence-corrected chi connectivity index (χ4v) is 4.12. The van der Waals surface area contributed by atoms with E-state index in [1.165, 1.54) is 21.2 Å². The van der Waals surface area contributed by atoms with Crippen LogP contribution in [-0.4, -0.2) is 25.0 Å². The molecule has 2 aromatic carbocycles. The minimum Gasteiger partial charge on any atom is -0.483 e. The smallest absolute Gasteiger partial charge is 0.146 e.